The second kappa shape index (κ2) is 7.38. The van der Waals surface area contributed by atoms with Gasteiger partial charge in [0, 0.05) is 18.5 Å². The fraction of sp³-hybridized carbons (Fsp3) is 0.312. The summed E-state index contributed by atoms with van der Waals surface area (Å²) >= 11 is 0. The molecule has 5 heteroatoms. The van der Waals surface area contributed by atoms with Gasteiger partial charge in [0.1, 0.15) is 5.69 Å². The molecular formula is C16H19N3O2. The summed E-state index contributed by atoms with van der Waals surface area (Å²) in [6.45, 7) is 2.11. The zero-order valence-electron chi connectivity index (χ0n) is 12.0. The lowest BCUT2D eigenvalue weighted by atomic mass is 10.0. The molecule has 5 nitrogen and oxygen atoms in total. The van der Waals surface area contributed by atoms with E-state index in [0.717, 1.165) is 24.8 Å². The van der Waals surface area contributed by atoms with Crippen LogP contribution in [0.4, 0.5) is 0 Å². The summed E-state index contributed by atoms with van der Waals surface area (Å²) < 4.78 is 0. The van der Waals surface area contributed by atoms with Crippen LogP contribution in [0, 0.1) is 0 Å². The van der Waals surface area contributed by atoms with Crippen LogP contribution >= 0.6 is 0 Å². The van der Waals surface area contributed by atoms with Crippen molar-refractivity contribution in [3.8, 4) is 0 Å². The third-order valence-corrected chi connectivity index (χ3v) is 3.25. The molecule has 1 atom stereocenters. The number of aromatic amines is 1. The second-order valence-electron chi connectivity index (χ2n) is 4.88. The van der Waals surface area contributed by atoms with E-state index in [2.05, 4.69) is 22.2 Å². The number of amides is 1. The topological polar surface area (TPSA) is 74.8 Å². The molecule has 0 saturated carbocycles. The highest BCUT2D eigenvalue weighted by molar-refractivity contribution is 5.92. The Morgan fingerprint density at radius 1 is 1.33 bits per heavy atom. The minimum atomic E-state index is -0.283. The van der Waals surface area contributed by atoms with Crippen molar-refractivity contribution in [2.24, 2.45) is 0 Å². The van der Waals surface area contributed by atoms with Gasteiger partial charge in [-0.05, 0) is 24.1 Å². The average molecular weight is 285 g/mol. The number of rotatable bonds is 6. The van der Waals surface area contributed by atoms with Gasteiger partial charge in [-0.15, -0.1) is 0 Å². The van der Waals surface area contributed by atoms with E-state index in [-0.39, 0.29) is 23.2 Å². The van der Waals surface area contributed by atoms with E-state index < -0.39 is 0 Å². The molecule has 1 amide bonds. The number of hydrogen-bond acceptors (Lipinski definition) is 3. The molecular weight excluding hydrogens is 266 g/mol. The second-order valence-corrected chi connectivity index (χ2v) is 4.88. The molecule has 2 N–H and O–H groups in total. The van der Waals surface area contributed by atoms with E-state index in [0.29, 0.717) is 0 Å². The number of H-pyrrole nitrogens is 1. The number of carbonyl (C=O) groups excluding carboxylic acids is 1. The Morgan fingerprint density at radius 2 is 2.19 bits per heavy atom. The average Bonchev–Trinajstić information content (AvgIpc) is 2.52. The maximum Gasteiger partial charge on any atom is 0.268 e. The van der Waals surface area contributed by atoms with Crippen molar-refractivity contribution in [2.75, 3.05) is 0 Å². The van der Waals surface area contributed by atoms with Crippen LogP contribution in [-0.2, 0) is 0 Å². The van der Waals surface area contributed by atoms with Gasteiger partial charge < -0.3 is 10.3 Å². The van der Waals surface area contributed by atoms with Crippen molar-refractivity contribution in [1.82, 2.24) is 15.3 Å². The smallest absolute Gasteiger partial charge is 0.268 e. The minimum Gasteiger partial charge on any atom is -0.344 e. The molecule has 0 saturated heterocycles. The summed E-state index contributed by atoms with van der Waals surface area (Å²) in [5.74, 6) is -0.280. The van der Waals surface area contributed by atoms with Gasteiger partial charge in [0.2, 0.25) is 5.56 Å². The molecule has 2 heterocycles. The number of carbonyl (C=O) groups is 1. The number of nitrogens with zero attached hydrogens (tertiary/aromatic N) is 1. The van der Waals surface area contributed by atoms with Crippen LogP contribution in [0.1, 0.15) is 48.3 Å². The predicted octanol–water partition coefficient (Wildman–Crippen LogP) is 2.43. The number of pyridine rings is 2. The lowest BCUT2D eigenvalue weighted by molar-refractivity contribution is 0.0928. The van der Waals surface area contributed by atoms with Gasteiger partial charge in [-0.2, -0.15) is 0 Å². The zero-order chi connectivity index (χ0) is 15.1. The molecule has 0 aromatic carbocycles. The first-order chi connectivity index (χ1) is 10.2. The molecule has 2 aromatic rings. The van der Waals surface area contributed by atoms with Crippen LogP contribution in [0.25, 0.3) is 0 Å². The molecule has 0 aliphatic carbocycles. The molecule has 2 rings (SSSR count). The van der Waals surface area contributed by atoms with Gasteiger partial charge in [0.05, 0.1) is 6.04 Å². The van der Waals surface area contributed by atoms with E-state index in [1.165, 1.54) is 6.07 Å². The number of unbranched alkanes of at least 4 members (excludes halogenated alkanes) is 1. The molecule has 0 bridgehead atoms. The molecule has 0 radical (unpaired) electrons. The van der Waals surface area contributed by atoms with Crippen molar-refractivity contribution in [2.45, 2.75) is 32.2 Å². The summed E-state index contributed by atoms with van der Waals surface area (Å²) in [5.41, 5.74) is 0.958. The van der Waals surface area contributed by atoms with Crippen molar-refractivity contribution in [3.63, 3.8) is 0 Å². The largest absolute Gasteiger partial charge is 0.344 e. The first kappa shape index (κ1) is 15.0. The summed E-state index contributed by atoms with van der Waals surface area (Å²) in [6.07, 6.45) is 6.36. The molecule has 0 spiro atoms. The van der Waals surface area contributed by atoms with Crippen LogP contribution in [0.2, 0.25) is 0 Å². The fourth-order valence-electron chi connectivity index (χ4n) is 2.13. The molecule has 0 aliphatic rings. The third kappa shape index (κ3) is 4.27. The lowest BCUT2D eigenvalue weighted by Gasteiger charge is -2.18. The van der Waals surface area contributed by atoms with E-state index in [1.54, 1.807) is 24.5 Å². The van der Waals surface area contributed by atoms with Crippen LogP contribution in [0.3, 0.4) is 0 Å². The van der Waals surface area contributed by atoms with Gasteiger partial charge in [0.15, 0.2) is 0 Å². The summed E-state index contributed by atoms with van der Waals surface area (Å²) in [7, 11) is 0. The summed E-state index contributed by atoms with van der Waals surface area (Å²) in [4.78, 5) is 30.2. The lowest BCUT2D eigenvalue weighted by Crippen LogP contribution is -2.30. The Hall–Kier alpha value is -2.43. The minimum absolute atomic E-state index is 0.102. The van der Waals surface area contributed by atoms with Crippen molar-refractivity contribution in [3.05, 3.63) is 64.3 Å². The van der Waals surface area contributed by atoms with E-state index in [4.69, 9.17) is 0 Å². The van der Waals surface area contributed by atoms with Crippen LogP contribution in [0.15, 0.2) is 47.5 Å². The normalized spacial score (nSPS) is 11.9. The van der Waals surface area contributed by atoms with Crippen LogP contribution in [0.5, 0.6) is 0 Å². The van der Waals surface area contributed by atoms with E-state index in [9.17, 15) is 9.59 Å². The predicted molar refractivity (Wildman–Crippen MR) is 81.0 cm³/mol. The highest BCUT2D eigenvalue weighted by Gasteiger charge is 2.16. The first-order valence-electron chi connectivity index (χ1n) is 7.11. The fourth-order valence-corrected chi connectivity index (χ4v) is 2.13. The summed E-state index contributed by atoms with van der Waals surface area (Å²) in [6, 6.07) is 8.24. The highest BCUT2D eigenvalue weighted by Crippen LogP contribution is 2.18. The highest BCUT2D eigenvalue weighted by atomic mass is 16.2. The number of aromatic nitrogens is 2. The quantitative estimate of drug-likeness (QED) is 0.856. The first-order valence-corrected chi connectivity index (χ1v) is 7.11. The van der Waals surface area contributed by atoms with Gasteiger partial charge in [0.25, 0.3) is 5.91 Å². The Balaban J connectivity index is 2.15. The SMILES string of the molecule is CCCCC(NC(=O)c1cccc(=O)[nH]1)c1cccnc1. The molecule has 0 aliphatic heterocycles. The maximum atomic E-state index is 12.2. The number of nitrogens with one attached hydrogen (secondary N) is 2. The molecule has 1 unspecified atom stereocenters. The van der Waals surface area contributed by atoms with Crippen LogP contribution in [-0.4, -0.2) is 15.9 Å². The van der Waals surface area contributed by atoms with Gasteiger partial charge >= 0.3 is 0 Å². The zero-order valence-corrected chi connectivity index (χ0v) is 12.0. The maximum absolute atomic E-state index is 12.2. The Morgan fingerprint density at radius 3 is 2.86 bits per heavy atom. The van der Waals surface area contributed by atoms with Gasteiger partial charge in [-0.1, -0.05) is 31.9 Å². The van der Waals surface area contributed by atoms with E-state index >= 15 is 0 Å². The number of hydrogen-bond donors (Lipinski definition) is 2. The van der Waals surface area contributed by atoms with Crippen molar-refractivity contribution >= 4 is 5.91 Å². The standard InChI is InChI=1S/C16H19N3O2/c1-2-3-7-13(12-6-5-10-17-11-12)19-16(21)14-8-4-9-15(20)18-14/h4-6,8-11,13H,2-3,7H2,1H3,(H,18,20)(H,19,21). The van der Waals surface area contributed by atoms with Crippen molar-refractivity contribution < 1.29 is 4.79 Å². The Kier molecular flexibility index (Phi) is 5.26. The Bertz CT molecular complexity index is 637. The molecule has 2 aromatic heterocycles. The molecule has 110 valence electrons. The van der Waals surface area contributed by atoms with Gasteiger partial charge in [-0.25, -0.2) is 0 Å². The van der Waals surface area contributed by atoms with Crippen molar-refractivity contribution in [1.29, 1.82) is 0 Å². The third-order valence-electron chi connectivity index (χ3n) is 3.25. The molecule has 0 fully saturated rings. The molecule has 21 heavy (non-hydrogen) atoms. The summed E-state index contributed by atoms with van der Waals surface area (Å²) in [5, 5.41) is 2.96. The van der Waals surface area contributed by atoms with E-state index in [1.807, 2.05) is 12.1 Å². The monoisotopic (exact) mass is 285 g/mol. The Labute approximate surface area is 123 Å². The van der Waals surface area contributed by atoms with Crippen LogP contribution < -0.4 is 10.9 Å². The van der Waals surface area contributed by atoms with Gasteiger partial charge in [-0.3, -0.25) is 14.6 Å².